The first-order valence-corrected chi connectivity index (χ1v) is 14.0. The van der Waals surface area contributed by atoms with Gasteiger partial charge in [-0.1, -0.05) is 39.3 Å². The Bertz CT molecular complexity index is 1280. The maximum Gasteiger partial charge on any atom is 0.340 e. The maximum absolute atomic E-state index is 14.7. The second kappa shape index (κ2) is 11.5. The molecule has 0 saturated heterocycles. The van der Waals surface area contributed by atoms with Crippen molar-refractivity contribution in [2.45, 2.75) is 86.2 Å². The van der Waals surface area contributed by atoms with Gasteiger partial charge < -0.3 is 9.47 Å². The molecule has 1 aromatic carbocycles. The number of carbonyl (C=O) groups excluding carboxylic acids is 2. The van der Waals surface area contributed by atoms with Crippen molar-refractivity contribution in [3.8, 4) is 0 Å². The molecule has 0 radical (unpaired) electrons. The van der Waals surface area contributed by atoms with Crippen molar-refractivity contribution in [1.82, 2.24) is 0 Å². The van der Waals surface area contributed by atoms with E-state index in [2.05, 4.69) is 26.8 Å². The van der Waals surface area contributed by atoms with Gasteiger partial charge in [-0.3, -0.25) is 4.79 Å². The topological polar surface area (TPSA) is 52.6 Å². The molecule has 4 nitrogen and oxygen atoms in total. The molecule has 0 bridgehead atoms. The summed E-state index contributed by atoms with van der Waals surface area (Å²) in [7, 11) is 1.48. The van der Waals surface area contributed by atoms with Gasteiger partial charge in [0, 0.05) is 24.2 Å². The molecule has 1 heterocycles. The third-order valence-corrected chi connectivity index (χ3v) is 8.66. The van der Waals surface area contributed by atoms with E-state index in [1.807, 2.05) is 26.8 Å². The number of fused-ring (bicyclic) bond motifs is 1. The van der Waals surface area contributed by atoms with Crippen LogP contribution in [0.3, 0.4) is 0 Å². The molecule has 3 atom stereocenters. The molecule has 5 heteroatoms. The van der Waals surface area contributed by atoms with Crippen molar-refractivity contribution in [2.24, 2.45) is 11.8 Å². The van der Waals surface area contributed by atoms with E-state index in [0.29, 0.717) is 11.1 Å². The van der Waals surface area contributed by atoms with E-state index in [-0.39, 0.29) is 30.0 Å². The number of hydrogen-bond donors (Lipinski definition) is 0. The van der Waals surface area contributed by atoms with Crippen LogP contribution >= 0.6 is 0 Å². The van der Waals surface area contributed by atoms with Crippen molar-refractivity contribution in [1.29, 1.82) is 0 Å². The summed E-state index contributed by atoms with van der Waals surface area (Å²) >= 11 is 0. The zero-order valence-corrected chi connectivity index (χ0v) is 23.9. The van der Waals surface area contributed by atoms with E-state index >= 15 is 0 Å². The number of allylic oxidation sites excluding steroid dienone is 5. The van der Waals surface area contributed by atoms with Crippen molar-refractivity contribution in [3.63, 3.8) is 0 Å². The van der Waals surface area contributed by atoms with Gasteiger partial charge in [0.05, 0.1) is 0 Å². The molecule has 0 spiro atoms. The predicted octanol–water partition coefficient (Wildman–Crippen LogP) is 7.32. The number of esters is 1. The van der Waals surface area contributed by atoms with Gasteiger partial charge in [-0.2, -0.15) is 0 Å². The van der Waals surface area contributed by atoms with E-state index in [1.54, 1.807) is 6.07 Å². The zero-order valence-electron chi connectivity index (χ0n) is 23.9. The molecule has 3 unspecified atom stereocenters. The van der Waals surface area contributed by atoms with Crippen molar-refractivity contribution < 1.29 is 23.5 Å². The highest BCUT2D eigenvalue weighted by atomic mass is 19.1. The highest BCUT2D eigenvalue weighted by molar-refractivity contribution is 6.01. The monoisotopic (exact) mass is 520 g/mol. The van der Waals surface area contributed by atoms with E-state index in [1.165, 1.54) is 23.8 Å². The van der Waals surface area contributed by atoms with Crippen LogP contribution in [0.2, 0.25) is 0 Å². The van der Waals surface area contributed by atoms with Gasteiger partial charge in [-0.25, -0.2) is 9.18 Å². The van der Waals surface area contributed by atoms with Gasteiger partial charge in [0.25, 0.3) is 0 Å². The summed E-state index contributed by atoms with van der Waals surface area (Å²) in [4.78, 5) is 26.4. The summed E-state index contributed by atoms with van der Waals surface area (Å²) < 4.78 is 25.7. The summed E-state index contributed by atoms with van der Waals surface area (Å²) in [5.41, 5.74) is 9.82. The molecule has 2 aliphatic carbocycles. The van der Waals surface area contributed by atoms with Gasteiger partial charge in [0.1, 0.15) is 12.4 Å². The van der Waals surface area contributed by atoms with Crippen LogP contribution in [0.1, 0.15) is 82.1 Å². The summed E-state index contributed by atoms with van der Waals surface area (Å²) in [6, 6.07) is 1.67. The Morgan fingerprint density at radius 2 is 1.84 bits per heavy atom. The minimum Gasteiger partial charge on any atom is -0.458 e. The summed E-state index contributed by atoms with van der Waals surface area (Å²) in [6.45, 7) is 12.2. The first kappa shape index (κ1) is 28.2. The number of Topliss-reactive ketones (excluding diaryl/α,β-unsaturated/α-hetero) is 1. The first-order chi connectivity index (χ1) is 18.1. The van der Waals surface area contributed by atoms with E-state index < -0.39 is 12.1 Å². The van der Waals surface area contributed by atoms with Crippen molar-refractivity contribution >= 4 is 17.3 Å². The molecule has 3 aliphatic rings. The van der Waals surface area contributed by atoms with Crippen molar-refractivity contribution in [3.05, 3.63) is 74.2 Å². The number of rotatable bonds is 3. The molecule has 1 aliphatic heterocycles. The quantitative estimate of drug-likeness (QED) is 0.392. The van der Waals surface area contributed by atoms with Gasteiger partial charge in [0.2, 0.25) is 0 Å². The minimum absolute atomic E-state index is 0.00887. The Hall–Kier alpha value is -2.79. The van der Waals surface area contributed by atoms with E-state index in [4.69, 9.17) is 9.47 Å². The first-order valence-electron chi connectivity index (χ1n) is 14.0. The van der Waals surface area contributed by atoms with Gasteiger partial charge >= 0.3 is 5.97 Å². The molecule has 204 valence electrons. The highest BCUT2D eigenvalue weighted by Gasteiger charge is 2.37. The number of methoxy groups -OCH3 is 1. The Morgan fingerprint density at radius 3 is 2.53 bits per heavy atom. The maximum atomic E-state index is 14.7. The lowest BCUT2D eigenvalue weighted by Gasteiger charge is -2.32. The number of halogens is 1. The smallest absolute Gasteiger partial charge is 0.340 e. The Morgan fingerprint density at radius 1 is 1.11 bits per heavy atom. The number of ketones is 1. The van der Waals surface area contributed by atoms with Crippen LogP contribution < -0.4 is 0 Å². The third kappa shape index (κ3) is 5.10. The van der Waals surface area contributed by atoms with Crippen LogP contribution in [0.15, 0.2) is 46.1 Å². The fourth-order valence-corrected chi connectivity index (χ4v) is 6.28. The van der Waals surface area contributed by atoms with Crippen LogP contribution in [-0.2, 0) is 25.5 Å². The number of aryl methyl sites for hydroxylation is 1. The molecular weight excluding hydrogens is 479 g/mol. The van der Waals surface area contributed by atoms with Gasteiger partial charge in [-0.05, 0) is 109 Å². The average molecular weight is 521 g/mol. The molecule has 4 rings (SSSR count). The van der Waals surface area contributed by atoms with Gasteiger partial charge in [-0.15, -0.1) is 0 Å². The van der Waals surface area contributed by atoms with Crippen LogP contribution in [0.25, 0.3) is 5.57 Å². The summed E-state index contributed by atoms with van der Waals surface area (Å²) in [5, 5.41) is 0. The predicted molar refractivity (Wildman–Crippen MR) is 149 cm³/mol. The molecule has 0 saturated carbocycles. The molecule has 0 aromatic heterocycles. The lowest BCUT2D eigenvalue weighted by molar-refractivity contribution is -0.154. The van der Waals surface area contributed by atoms with E-state index in [9.17, 15) is 14.0 Å². The number of benzene rings is 1. The Labute approximate surface area is 226 Å². The van der Waals surface area contributed by atoms with E-state index in [0.717, 1.165) is 66.4 Å². The number of hydrogen-bond acceptors (Lipinski definition) is 4. The normalized spacial score (nSPS) is 29.0. The lowest BCUT2D eigenvalue weighted by Crippen LogP contribution is -2.37. The van der Waals surface area contributed by atoms with Crippen LogP contribution in [0.5, 0.6) is 0 Å². The van der Waals surface area contributed by atoms with Crippen LogP contribution in [0.4, 0.5) is 4.39 Å². The molecule has 0 N–H and O–H groups in total. The molecule has 0 fully saturated rings. The highest BCUT2D eigenvalue weighted by Crippen LogP contribution is 2.44. The number of cyclic esters (lactones) is 1. The fraction of sp³-hybridized carbons (Fsp3) is 0.515. The van der Waals surface area contributed by atoms with Crippen molar-refractivity contribution in [2.75, 3.05) is 13.7 Å². The fourth-order valence-electron chi connectivity index (χ4n) is 6.28. The second-order valence-electron chi connectivity index (χ2n) is 11.2. The Balaban J connectivity index is 2.04. The average Bonchev–Trinajstić information content (AvgIpc) is 2.89. The third-order valence-electron chi connectivity index (χ3n) is 8.66. The van der Waals surface area contributed by atoms with Gasteiger partial charge in [0.15, 0.2) is 11.9 Å². The van der Waals surface area contributed by atoms with Crippen LogP contribution in [0, 0.1) is 31.5 Å². The standard InChI is InChI=1S/C33H41FO4/c1-8-9-11-23-19(3)15-27-28(17-38-33(36)32(27)37-7)31(35)21(5)18(2)14-26(23)25-13-10-12-24-22(6)29(34)16-20(4)30(24)25/h11,15-16,18,21,32H,8-10,12-14,17H2,1-7H3/b19-15+,23-11+,26-25-. The largest absolute Gasteiger partial charge is 0.458 e. The zero-order chi connectivity index (χ0) is 27.7. The molecular formula is C33H41FO4. The summed E-state index contributed by atoms with van der Waals surface area (Å²) in [5.74, 6) is -0.802. The number of unbranched alkanes of at least 4 members (excludes halogenated alkanes) is 1. The van der Waals surface area contributed by atoms with Crippen LogP contribution in [-0.4, -0.2) is 31.6 Å². The second-order valence-corrected chi connectivity index (χ2v) is 11.2. The SMILES string of the molecule is CCC/C=C1C(=C2/CCCc3c(C)c(F)cc(C)c32)/CC(C)C(C)C(=O)C2=C(/C=C/1C)C(OC)C(=O)OC2. The molecule has 38 heavy (non-hydrogen) atoms. The minimum atomic E-state index is -0.925. The molecule has 0 amide bonds. The lowest BCUT2D eigenvalue weighted by atomic mass is 9.73. The Kier molecular flexibility index (Phi) is 8.56. The number of carbonyl (C=O) groups is 2. The molecule has 1 aromatic rings. The summed E-state index contributed by atoms with van der Waals surface area (Å²) in [6.07, 6.45) is 8.77. The number of ether oxygens (including phenoxy) is 2.